The molecule has 5 rings (SSSR count). The molecule has 0 bridgehead atoms. The number of hydrogen-bond donors (Lipinski definition) is 3. The molecule has 2 fully saturated rings. The lowest BCUT2D eigenvalue weighted by Gasteiger charge is -2.35. The molecule has 2 amide bonds. The largest absolute Gasteiger partial charge is 0.380 e. The zero-order valence-corrected chi connectivity index (χ0v) is 25.4. The number of aryl methyl sites for hydroxylation is 2. The van der Waals surface area contributed by atoms with Crippen LogP contribution in [0.25, 0.3) is 0 Å². The SMILES string of the molecule is Cc1cccc(C)c1Cc1csc(CNC(=O)[C@H](O)[C@@H](O)C(=O)N2CCCC2c2cccc(N3CCN(C)CC3)c2)n1. The van der Waals surface area contributed by atoms with E-state index in [0.717, 1.165) is 56.0 Å². The van der Waals surface area contributed by atoms with Gasteiger partial charge in [0, 0.05) is 50.2 Å². The van der Waals surface area contributed by atoms with Crippen molar-refractivity contribution in [2.75, 3.05) is 44.7 Å². The Morgan fingerprint density at radius 1 is 1.02 bits per heavy atom. The van der Waals surface area contributed by atoms with Crippen LogP contribution in [0, 0.1) is 13.8 Å². The molecule has 2 aliphatic heterocycles. The molecule has 2 aliphatic rings. The van der Waals surface area contributed by atoms with Crippen LogP contribution in [0.3, 0.4) is 0 Å². The molecule has 3 atom stereocenters. The van der Waals surface area contributed by atoms with Crippen molar-refractivity contribution in [2.45, 2.75) is 57.9 Å². The standard InChI is InChI=1S/C32H41N5O4S/c1-21-7-4-8-22(2)26(21)18-24-20-42-28(34-24)19-33-31(40)29(38)30(39)32(41)37-12-6-11-27(37)23-9-5-10-25(17-23)36-15-13-35(3)14-16-36/h4-5,7-10,17,20,27,29-30,38-39H,6,11-16,18-19H2,1-3H3,(H,33,40)/t27?,29-,30-/m1/s1. The van der Waals surface area contributed by atoms with Crippen LogP contribution >= 0.6 is 11.3 Å². The molecule has 0 spiro atoms. The molecule has 10 heteroatoms. The minimum absolute atomic E-state index is 0.111. The third-order valence-corrected chi connectivity index (χ3v) is 9.39. The summed E-state index contributed by atoms with van der Waals surface area (Å²) in [5.41, 5.74) is 6.70. The summed E-state index contributed by atoms with van der Waals surface area (Å²) in [6.07, 6.45) is -1.46. The van der Waals surface area contributed by atoms with E-state index in [1.54, 1.807) is 4.90 Å². The molecule has 1 unspecified atom stereocenters. The monoisotopic (exact) mass is 591 g/mol. The van der Waals surface area contributed by atoms with Gasteiger partial charge in [-0.3, -0.25) is 9.59 Å². The van der Waals surface area contributed by atoms with Gasteiger partial charge in [-0.05, 0) is 68.1 Å². The van der Waals surface area contributed by atoms with E-state index in [-0.39, 0.29) is 12.6 Å². The highest BCUT2D eigenvalue weighted by molar-refractivity contribution is 7.09. The van der Waals surface area contributed by atoms with E-state index in [1.807, 2.05) is 23.6 Å². The lowest BCUT2D eigenvalue weighted by Crippen LogP contribution is -2.50. The number of nitrogens with one attached hydrogen (secondary N) is 1. The fourth-order valence-electron chi connectivity index (χ4n) is 5.91. The van der Waals surface area contributed by atoms with E-state index in [4.69, 9.17) is 0 Å². The summed E-state index contributed by atoms with van der Waals surface area (Å²) < 4.78 is 0. The van der Waals surface area contributed by atoms with Crippen LogP contribution in [0.1, 0.15) is 51.8 Å². The summed E-state index contributed by atoms with van der Waals surface area (Å²) >= 11 is 1.43. The van der Waals surface area contributed by atoms with Gasteiger partial charge in [-0.1, -0.05) is 30.3 Å². The molecule has 9 nitrogen and oxygen atoms in total. The summed E-state index contributed by atoms with van der Waals surface area (Å²) in [4.78, 5) is 36.9. The predicted octanol–water partition coefficient (Wildman–Crippen LogP) is 2.80. The predicted molar refractivity (Wildman–Crippen MR) is 165 cm³/mol. The molecule has 3 heterocycles. The smallest absolute Gasteiger partial charge is 0.255 e. The number of aliphatic hydroxyl groups is 2. The quantitative estimate of drug-likeness (QED) is 0.351. The van der Waals surface area contributed by atoms with E-state index in [2.05, 4.69) is 65.3 Å². The van der Waals surface area contributed by atoms with Gasteiger partial charge in [0.2, 0.25) is 0 Å². The number of carbonyl (C=O) groups excluding carboxylic acids is 2. The Morgan fingerprint density at radius 3 is 2.48 bits per heavy atom. The number of hydrogen-bond acceptors (Lipinski definition) is 8. The van der Waals surface area contributed by atoms with Gasteiger partial charge < -0.3 is 30.2 Å². The normalized spacial score (nSPS) is 19.1. The second-order valence-corrected chi connectivity index (χ2v) is 12.4. The highest BCUT2D eigenvalue weighted by Crippen LogP contribution is 2.34. The van der Waals surface area contributed by atoms with Gasteiger partial charge in [0.25, 0.3) is 11.8 Å². The summed E-state index contributed by atoms with van der Waals surface area (Å²) in [5.74, 6) is -1.43. The molecule has 224 valence electrons. The lowest BCUT2D eigenvalue weighted by molar-refractivity contribution is -0.153. The number of likely N-dealkylation sites (tertiary alicyclic amines) is 1. The van der Waals surface area contributed by atoms with E-state index in [9.17, 15) is 19.8 Å². The van der Waals surface area contributed by atoms with Gasteiger partial charge in [-0.25, -0.2) is 4.98 Å². The molecule has 2 aromatic carbocycles. The van der Waals surface area contributed by atoms with Crippen LogP contribution in [0.4, 0.5) is 5.69 Å². The summed E-state index contributed by atoms with van der Waals surface area (Å²) in [7, 11) is 2.12. The number of nitrogens with zero attached hydrogens (tertiary/aromatic N) is 4. The average molecular weight is 592 g/mol. The van der Waals surface area contributed by atoms with Gasteiger partial charge in [0.15, 0.2) is 12.2 Å². The zero-order chi connectivity index (χ0) is 29.8. The number of thiazole rings is 1. The first-order chi connectivity index (χ1) is 20.2. The second-order valence-electron chi connectivity index (χ2n) is 11.5. The van der Waals surface area contributed by atoms with Crippen LogP contribution in [-0.4, -0.2) is 88.8 Å². The molecule has 2 saturated heterocycles. The van der Waals surface area contributed by atoms with Crippen molar-refractivity contribution in [3.8, 4) is 0 Å². The average Bonchev–Trinajstić information content (AvgIpc) is 3.67. The van der Waals surface area contributed by atoms with Crippen LogP contribution in [-0.2, 0) is 22.6 Å². The molecule has 3 aromatic rings. The first kappa shape index (κ1) is 30.2. The van der Waals surface area contributed by atoms with E-state index >= 15 is 0 Å². The van der Waals surface area contributed by atoms with Crippen LogP contribution < -0.4 is 10.2 Å². The zero-order valence-electron chi connectivity index (χ0n) is 24.6. The van der Waals surface area contributed by atoms with Crippen molar-refractivity contribution >= 4 is 28.8 Å². The molecule has 0 saturated carbocycles. The van der Waals surface area contributed by atoms with E-state index in [1.165, 1.54) is 28.0 Å². The number of aliphatic hydroxyl groups excluding tert-OH is 2. The number of carbonyl (C=O) groups is 2. The van der Waals surface area contributed by atoms with Crippen LogP contribution in [0.2, 0.25) is 0 Å². The Kier molecular flexibility index (Phi) is 9.57. The van der Waals surface area contributed by atoms with Crippen molar-refractivity contribution in [1.29, 1.82) is 0 Å². The minimum Gasteiger partial charge on any atom is -0.380 e. The Balaban J connectivity index is 1.17. The van der Waals surface area contributed by atoms with Gasteiger partial charge in [0.05, 0.1) is 18.3 Å². The minimum atomic E-state index is -1.87. The fourth-order valence-corrected chi connectivity index (χ4v) is 6.64. The molecular formula is C32H41N5O4S. The van der Waals surface area contributed by atoms with Crippen molar-refractivity contribution in [2.24, 2.45) is 0 Å². The molecule has 3 N–H and O–H groups in total. The number of amides is 2. The van der Waals surface area contributed by atoms with Crippen LogP contribution in [0.15, 0.2) is 47.8 Å². The topological polar surface area (TPSA) is 109 Å². The summed E-state index contributed by atoms with van der Waals surface area (Å²) in [5, 5.41) is 26.7. The Hall–Kier alpha value is -3.31. The van der Waals surface area contributed by atoms with Crippen molar-refractivity contribution < 1.29 is 19.8 Å². The maximum Gasteiger partial charge on any atom is 0.255 e. The maximum absolute atomic E-state index is 13.3. The van der Waals surface area contributed by atoms with E-state index < -0.39 is 24.0 Å². The highest BCUT2D eigenvalue weighted by atomic mass is 32.1. The van der Waals surface area contributed by atoms with Gasteiger partial charge >= 0.3 is 0 Å². The number of rotatable bonds is 9. The number of likely N-dealkylation sites (N-methyl/N-ethyl adjacent to an activating group) is 1. The van der Waals surface area contributed by atoms with Crippen LogP contribution in [0.5, 0.6) is 0 Å². The highest BCUT2D eigenvalue weighted by Gasteiger charge is 2.38. The Bertz CT molecular complexity index is 1380. The molecule has 42 heavy (non-hydrogen) atoms. The van der Waals surface area contributed by atoms with Gasteiger partial charge in [-0.15, -0.1) is 11.3 Å². The lowest BCUT2D eigenvalue weighted by atomic mass is 9.99. The third kappa shape index (κ3) is 6.83. The second kappa shape index (κ2) is 13.3. The maximum atomic E-state index is 13.3. The summed E-state index contributed by atoms with van der Waals surface area (Å²) in [6, 6.07) is 14.2. The van der Waals surface area contributed by atoms with Gasteiger partial charge in [0.1, 0.15) is 5.01 Å². The Labute approximate surface area is 251 Å². The van der Waals surface area contributed by atoms with Crippen molar-refractivity contribution in [3.63, 3.8) is 0 Å². The fraction of sp³-hybridized carbons (Fsp3) is 0.469. The number of piperazine rings is 1. The molecule has 1 aromatic heterocycles. The van der Waals surface area contributed by atoms with E-state index in [0.29, 0.717) is 18.0 Å². The number of anilines is 1. The summed E-state index contributed by atoms with van der Waals surface area (Å²) in [6.45, 7) is 8.64. The van der Waals surface area contributed by atoms with Crippen molar-refractivity contribution in [3.05, 3.63) is 80.8 Å². The first-order valence-corrected chi connectivity index (χ1v) is 15.6. The first-order valence-electron chi connectivity index (χ1n) is 14.7. The van der Waals surface area contributed by atoms with Gasteiger partial charge in [-0.2, -0.15) is 0 Å². The molecular weight excluding hydrogens is 550 g/mol. The number of aromatic nitrogens is 1. The molecule has 0 aliphatic carbocycles. The third-order valence-electron chi connectivity index (χ3n) is 8.50. The molecule has 0 radical (unpaired) electrons. The number of benzene rings is 2. The van der Waals surface area contributed by atoms with Crippen molar-refractivity contribution in [1.82, 2.24) is 20.1 Å². The Morgan fingerprint density at radius 2 is 1.74 bits per heavy atom.